The molecule has 0 bridgehead atoms. The number of amides is 1. The first-order valence-corrected chi connectivity index (χ1v) is 13.4. The number of nitrogens with zero attached hydrogens (tertiary/aromatic N) is 4. The van der Waals surface area contributed by atoms with E-state index in [4.69, 9.17) is 5.21 Å². The van der Waals surface area contributed by atoms with Crippen LogP contribution in [0, 0.1) is 11.6 Å². The number of fused-ring (bicyclic) bond motifs is 1. The Morgan fingerprint density at radius 1 is 1.03 bits per heavy atom. The lowest BCUT2D eigenvalue weighted by atomic mass is 9.94. The van der Waals surface area contributed by atoms with Crippen molar-refractivity contribution in [1.82, 2.24) is 24.8 Å². The summed E-state index contributed by atoms with van der Waals surface area (Å²) in [6.07, 6.45) is 9.03. The van der Waals surface area contributed by atoms with Gasteiger partial charge in [-0.15, -0.1) is 0 Å². The summed E-state index contributed by atoms with van der Waals surface area (Å²) in [5, 5.41) is 21.1. The van der Waals surface area contributed by atoms with Gasteiger partial charge in [0.2, 0.25) is 0 Å². The van der Waals surface area contributed by atoms with Crippen LogP contribution in [-0.4, -0.2) is 80.4 Å². The van der Waals surface area contributed by atoms with E-state index in [0.717, 1.165) is 75.5 Å². The maximum absolute atomic E-state index is 14.4. The number of hydrogen-bond donors (Lipinski definition) is 3. The first-order valence-electron chi connectivity index (χ1n) is 13.4. The van der Waals surface area contributed by atoms with Gasteiger partial charge in [0.1, 0.15) is 17.3 Å². The molecular weight excluding hydrogens is 492 g/mol. The monoisotopic (exact) mass is 527 g/mol. The third-order valence-corrected chi connectivity index (χ3v) is 7.96. The van der Waals surface area contributed by atoms with Gasteiger partial charge < -0.3 is 19.5 Å². The summed E-state index contributed by atoms with van der Waals surface area (Å²) in [5.74, 6) is -1.96. The molecule has 204 valence electrons. The summed E-state index contributed by atoms with van der Waals surface area (Å²) in [7, 11) is 0. The summed E-state index contributed by atoms with van der Waals surface area (Å²) >= 11 is 0. The number of hydroxylamine groups is 1. The number of rotatable bonds is 8. The van der Waals surface area contributed by atoms with E-state index in [-0.39, 0.29) is 12.2 Å². The Bertz CT molecular complexity index is 1290. The Kier molecular flexibility index (Phi) is 8.04. The molecule has 3 aromatic rings. The van der Waals surface area contributed by atoms with Crippen molar-refractivity contribution in [1.29, 1.82) is 0 Å². The zero-order chi connectivity index (χ0) is 26.7. The van der Waals surface area contributed by atoms with Crippen LogP contribution in [0.5, 0.6) is 0 Å². The minimum atomic E-state index is -0.708. The van der Waals surface area contributed by atoms with Crippen molar-refractivity contribution in [2.45, 2.75) is 50.7 Å². The highest BCUT2D eigenvalue weighted by Gasteiger charge is 2.33. The minimum absolute atomic E-state index is 0.0775. The van der Waals surface area contributed by atoms with Crippen molar-refractivity contribution < 1.29 is 23.9 Å². The van der Waals surface area contributed by atoms with E-state index in [9.17, 15) is 18.7 Å². The molecule has 4 heterocycles. The Hall–Kier alpha value is -2.92. The molecule has 5 rings (SSSR count). The number of carbonyl (C=O) groups is 1. The number of benzene rings is 1. The Morgan fingerprint density at radius 2 is 1.82 bits per heavy atom. The number of carbonyl (C=O) groups excluding carboxylic acids is 1. The Balaban J connectivity index is 1.33. The van der Waals surface area contributed by atoms with Gasteiger partial charge in [0, 0.05) is 42.8 Å². The summed E-state index contributed by atoms with van der Waals surface area (Å²) in [4.78, 5) is 20.9. The standard InChI is InChI=1S/C28H35F2N5O3/c29-22-5-4-21(24(30)14-22)18-35-17-20(23-15-25(27(36)32-38)31-16-26(23)35)6-12-33-11-3-7-28(37,8-13-33)19-34-9-1-2-10-34/h4-5,14-17,37-38H,1-3,6-13,18-19H2,(H,32,36). The predicted octanol–water partition coefficient (Wildman–Crippen LogP) is 3.34. The van der Waals surface area contributed by atoms with E-state index >= 15 is 0 Å². The van der Waals surface area contributed by atoms with Gasteiger partial charge in [-0.2, -0.15) is 0 Å². The molecule has 2 saturated heterocycles. The second kappa shape index (κ2) is 11.4. The fourth-order valence-corrected chi connectivity index (χ4v) is 5.86. The van der Waals surface area contributed by atoms with E-state index in [1.807, 2.05) is 10.8 Å². The summed E-state index contributed by atoms with van der Waals surface area (Å²) < 4.78 is 29.7. The molecule has 1 unspecified atom stereocenters. The number of pyridine rings is 1. The molecule has 3 N–H and O–H groups in total. The van der Waals surface area contributed by atoms with Crippen LogP contribution in [-0.2, 0) is 13.0 Å². The van der Waals surface area contributed by atoms with Crippen molar-refractivity contribution in [3.05, 3.63) is 65.1 Å². The number of aromatic nitrogens is 2. The van der Waals surface area contributed by atoms with Gasteiger partial charge >= 0.3 is 0 Å². The van der Waals surface area contributed by atoms with E-state index < -0.39 is 23.1 Å². The molecule has 38 heavy (non-hydrogen) atoms. The number of halogens is 2. The van der Waals surface area contributed by atoms with Crippen LogP contribution in [0.1, 0.15) is 53.7 Å². The van der Waals surface area contributed by atoms with Crippen LogP contribution < -0.4 is 5.48 Å². The van der Waals surface area contributed by atoms with Crippen LogP contribution in [0.4, 0.5) is 8.78 Å². The molecule has 8 nitrogen and oxygen atoms in total. The Morgan fingerprint density at radius 3 is 2.58 bits per heavy atom. The molecule has 0 radical (unpaired) electrons. The summed E-state index contributed by atoms with van der Waals surface area (Å²) in [6.45, 7) is 5.56. The fraction of sp³-hybridized carbons (Fsp3) is 0.500. The van der Waals surface area contributed by atoms with Gasteiger partial charge in [-0.3, -0.25) is 10.0 Å². The van der Waals surface area contributed by atoms with Gasteiger partial charge in [-0.25, -0.2) is 19.2 Å². The molecule has 2 aliphatic heterocycles. The van der Waals surface area contributed by atoms with Gasteiger partial charge in [0.25, 0.3) is 5.91 Å². The van der Waals surface area contributed by atoms with Crippen LogP contribution in [0.2, 0.25) is 0 Å². The average Bonchev–Trinajstić information content (AvgIpc) is 3.48. The van der Waals surface area contributed by atoms with E-state index in [1.165, 1.54) is 31.2 Å². The molecular formula is C28H35F2N5O3. The van der Waals surface area contributed by atoms with Crippen molar-refractivity contribution in [2.75, 3.05) is 39.3 Å². The maximum atomic E-state index is 14.4. The second-order valence-corrected chi connectivity index (χ2v) is 10.7. The molecule has 0 saturated carbocycles. The predicted molar refractivity (Wildman–Crippen MR) is 139 cm³/mol. The SMILES string of the molecule is O=C(NO)c1cc2c(CCN3CCCC(O)(CN4CCCC4)CC3)cn(Cc3ccc(F)cc3F)c2cn1. The quantitative estimate of drug-likeness (QED) is 0.307. The van der Waals surface area contributed by atoms with Gasteiger partial charge in [-0.1, -0.05) is 6.07 Å². The van der Waals surface area contributed by atoms with Gasteiger partial charge in [0.05, 0.1) is 23.9 Å². The number of nitrogens with one attached hydrogen (secondary N) is 1. The molecule has 10 heteroatoms. The maximum Gasteiger partial charge on any atom is 0.293 e. The van der Waals surface area contributed by atoms with Crippen molar-refractivity contribution >= 4 is 16.8 Å². The van der Waals surface area contributed by atoms with Crippen molar-refractivity contribution in [2.24, 2.45) is 0 Å². The first-order chi connectivity index (χ1) is 18.3. The highest BCUT2D eigenvalue weighted by atomic mass is 19.1. The molecule has 2 aromatic heterocycles. The molecule has 1 amide bonds. The fourth-order valence-electron chi connectivity index (χ4n) is 5.86. The highest BCUT2D eigenvalue weighted by Crippen LogP contribution is 2.27. The zero-order valence-corrected chi connectivity index (χ0v) is 21.5. The van der Waals surface area contributed by atoms with E-state index in [2.05, 4.69) is 14.8 Å². The number of β-amino-alcohol motifs (C(OH)–C–C–N with tert-alkyl or cyclic N) is 1. The van der Waals surface area contributed by atoms with Crippen molar-refractivity contribution in [3.8, 4) is 0 Å². The molecule has 0 aliphatic carbocycles. The number of likely N-dealkylation sites (tertiary alicyclic amines) is 2. The summed E-state index contributed by atoms with van der Waals surface area (Å²) in [5.41, 5.74) is 3.08. The van der Waals surface area contributed by atoms with Gasteiger partial charge in [-0.05, 0) is 75.9 Å². The topological polar surface area (TPSA) is 93.9 Å². The lowest BCUT2D eigenvalue weighted by molar-refractivity contribution is -0.00320. The smallest absolute Gasteiger partial charge is 0.293 e. The second-order valence-electron chi connectivity index (χ2n) is 10.7. The number of hydrogen-bond acceptors (Lipinski definition) is 6. The third-order valence-electron chi connectivity index (χ3n) is 7.96. The number of aliphatic hydroxyl groups is 1. The van der Waals surface area contributed by atoms with E-state index in [0.29, 0.717) is 17.5 Å². The lowest BCUT2D eigenvalue weighted by Gasteiger charge is -2.31. The molecule has 1 atom stereocenters. The molecule has 1 aromatic carbocycles. The minimum Gasteiger partial charge on any atom is -0.389 e. The Labute approximate surface area is 220 Å². The lowest BCUT2D eigenvalue weighted by Crippen LogP contribution is -2.42. The van der Waals surface area contributed by atoms with Crippen molar-refractivity contribution in [3.63, 3.8) is 0 Å². The largest absolute Gasteiger partial charge is 0.389 e. The first kappa shape index (κ1) is 26.7. The molecule has 2 fully saturated rings. The van der Waals surface area contributed by atoms with E-state index in [1.54, 1.807) is 11.5 Å². The van der Waals surface area contributed by atoms with Crippen LogP contribution in [0.15, 0.2) is 36.7 Å². The van der Waals surface area contributed by atoms with Crippen LogP contribution >= 0.6 is 0 Å². The normalized spacial score (nSPS) is 21.2. The van der Waals surface area contributed by atoms with Crippen LogP contribution in [0.25, 0.3) is 10.9 Å². The third kappa shape index (κ3) is 6.04. The zero-order valence-electron chi connectivity index (χ0n) is 21.5. The van der Waals surface area contributed by atoms with Crippen LogP contribution in [0.3, 0.4) is 0 Å². The average molecular weight is 528 g/mol. The summed E-state index contributed by atoms with van der Waals surface area (Å²) in [6, 6.07) is 5.16. The highest BCUT2D eigenvalue weighted by molar-refractivity contribution is 5.96. The molecule has 0 spiro atoms. The molecule has 2 aliphatic rings. The van der Waals surface area contributed by atoms with Gasteiger partial charge in [0.15, 0.2) is 0 Å².